The van der Waals surface area contributed by atoms with Crippen LogP contribution in [0.5, 0.6) is 5.75 Å². The topological polar surface area (TPSA) is 53.3 Å². The van der Waals surface area contributed by atoms with E-state index >= 15 is 0 Å². The van der Waals surface area contributed by atoms with Crippen LogP contribution in [-0.2, 0) is 23.0 Å². The number of aromatic nitrogens is 2. The summed E-state index contributed by atoms with van der Waals surface area (Å²) in [7, 11) is 2.02. The molecule has 3 aromatic rings. The number of Topliss-reactive ketones (excluding diaryl/α,β-unsaturated/α-hetero) is 1. The molecule has 4 rings (SSSR count). The van der Waals surface area contributed by atoms with Gasteiger partial charge in [-0.25, -0.2) is 4.98 Å². The first-order valence-corrected chi connectivity index (χ1v) is 11.9. The Bertz CT molecular complexity index is 1270. The lowest BCUT2D eigenvalue weighted by Gasteiger charge is -2.29. The van der Waals surface area contributed by atoms with E-state index in [1.807, 2.05) is 46.9 Å². The van der Waals surface area contributed by atoms with Crippen molar-refractivity contribution in [3.8, 4) is 16.9 Å². The highest BCUT2D eigenvalue weighted by atomic mass is 35.5. The van der Waals surface area contributed by atoms with E-state index in [4.69, 9.17) is 26.1 Å². The van der Waals surface area contributed by atoms with Crippen molar-refractivity contribution in [1.82, 2.24) is 9.55 Å². The van der Waals surface area contributed by atoms with Crippen molar-refractivity contribution in [1.29, 1.82) is 0 Å². The zero-order valence-corrected chi connectivity index (χ0v) is 21.6. The highest BCUT2D eigenvalue weighted by molar-refractivity contribution is 6.35. The van der Waals surface area contributed by atoms with Gasteiger partial charge in [-0.05, 0) is 79.0 Å². The van der Waals surface area contributed by atoms with E-state index in [0.29, 0.717) is 11.6 Å². The van der Waals surface area contributed by atoms with Gasteiger partial charge in [0.05, 0.1) is 17.2 Å². The van der Waals surface area contributed by atoms with Crippen molar-refractivity contribution in [2.45, 2.75) is 73.0 Å². The SMILES string of the molecule is CC(=O)[C@@H](OC(C)(C)C)c1c(C)nc2c(c(C)c(C)n2C)c1-c1ccc2c(c1Cl)CCCO2. The molecule has 0 saturated carbocycles. The molecule has 0 spiro atoms. The van der Waals surface area contributed by atoms with Gasteiger partial charge in [-0.1, -0.05) is 11.6 Å². The molecule has 176 valence electrons. The zero-order chi connectivity index (χ0) is 24.2. The molecule has 0 amide bonds. The Morgan fingerprint density at radius 1 is 1.24 bits per heavy atom. The average Bonchev–Trinajstić information content (AvgIpc) is 2.95. The maximum absolute atomic E-state index is 13.0. The number of hydrogen-bond acceptors (Lipinski definition) is 4. The molecule has 6 heteroatoms. The number of ether oxygens (including phenoxy) is 2. The Balaban J connectivity index is 2.14. The van der Waals surface area contributed by atoms with E-state index in [0.717, 1.165) is 68.8 Å². The van der Waals surface area contributed by atoms with Gasteiger partial charge in [-0.15, -0.1) is 0 Å². The Kier molecular flexibility index (Phi) is 6.08. The molecule has 2 aromatic heterocycles. The molecular weight excluding hydrogens is 436 g/mol. The van der Waals surface area contributed by atoms with Gasteiger partial charge in [0.15, 0.2) is 5.78 Å². The van der Waals surface area contributed by atoms with Gasteiger partial charge < -0.3 is 14.0 Å². The standard InChI is InChI=1S/C27H33ClN2O3/c1-14-16(3)30(8)26-21(14)23(19-11-12-20-18(24(19)28)10-9-13-32-20)22(15(2)29-26)25(17(4)31)33-27(5,6)7/h11-12,25H,9-10,13H2,1-8H3/t25-/m1/s1. The van der Waals surface area contributed by atoms with Crippen LogP contribution in [0.15, 0.2) is 12.1 Å². The summed E-state index contributed by atoms with van der Waals surface area (Å²) in [5.41, 5.74) is 7.03. The Hall–Kier alpha value is -2.37. The summed E-state index contributed by atoms with van der Waals surface area (Å²) in [6.45, 7) is 14.3. The van der Waals surface area contributed by atoms with Gasteiger partial charge in [0.1, 0.15) is 17.5 Å². The fourth-order valence-corrected chi connectivity index (χ4v) is 5.13. The molecule has 0 aliphatic carbocycles. The molecule has 0 N–H and O–H groups in total. The van der Waals surface area contributed by atoms with Crippen molar-refractivity contribution in [2.24, 2.45) is 7.05 Å². The minimum absolute atomic E-state index is 0.0573. The number of carbonyl (C=O) groups excluding carboxylic acids is 1. The van der Waals surface area contributed by atoms with Crippen LogP contribution in [0, 0.1) is 20.8 Å². The van der Waals surface area contributed by atoms with E-state index in [1.165, 1.54) is 0 Å². The van der Waals surface area contributed by atoms with Crippen LogP contribution in [0.1, 0.15) is 68.3 Å². The fourth-order valence-electron chi connectivity index (χ4n) is 4.79. The number of carbonyl (C=O) groups is 1. The molecule has 0 saturated heterocycles. The van der Waals surface area contributed by atoms with E-state index in [9.17, 15) is 4.79 Å². The third-order valence-electron chi connectivity index (χ3n) is 6.55. The number of nitrogens with zero attached hydrogens (tertiary/aromatic N) is 2. The number of rotatable bonds is 4. The summed E-state index contributed by atoms with van der Waals surface area (Å²) in [5.74, 6) is 0.784. The summed E-state index contributed by atoms with van der Waals surface area (Å²) in [4.78, 5) is 17.9. The molecule has 1 aliphatic rings. The molecule has 0 fully saturated rings. The van der Waals surface area contributed by atoms with Gasteiger partial charge in [0.25, 0.3) is 0 Å². The van der Waals surface area contributed by atoms with E-state index in [2.05, 4.69) is 18.4 Å². The predicted octanol–water partition coefficient (Wildman–Crippen LogP) is 6.59. The second kappa shape index (κ2) is 8.44. The maximum atomic E-state index is 13.0. The van der Waals surface area contributed by atoms with E-state index in [1.54, 1.807) is 6.92 Å². The first-order valence-electron chi connectivity index (χ1n) is 11.5. The molecule has 1 aromatic carbocycles. The molecule has 33 heavy (non-hydrogen) atoms. The number of pyridine rings is 1. The summed E-state index contributed by atoms with van der Waals surface area (Å²) in [6.07, 6.45) is 1.05. The van der Waals surface area contributed by atoms with Gasteiger partial charge >= 0.3 is 0 Å². The molecule has 0 radical (unpaired) electrons. The Morgan fingerprint density at radius 3 is 2.58 bits per heavy atom. The molecule has 0 unspecified atom stereocenters. The normalized spacial score (nSPS) is 14.8. The van der Waals surface area contributed by atoms with Gasteiger partial charge in [0, 0.05) is 46.1 Å². The monoisotopic (exact) mass is 468 g/mol. The van der Waals surface area contributed by atoms with E-state index in [-0.39, 0.29) is 5.78 Å². The van der Waals surface area contributed by atoms with E-state index < -0.39 is 11.7 Å². The highest BCUT2D eigenvalue weighted by Gasteiger charge is 2.33. The highest BCUT2D eigenvalue weighted by Crippen LogP contribution is 2.46. The van der Waals surface area contributed by atoms with Crippen LogP contribution in [0.4, 0.5) is 0 Å². The second-order valence-corrected chi connectivity index (χ2v) is 10.4. The van der Waals surface area contributed by atoms with Crippen molar-refractivity contribution in [2.75, 3.05) is 6.61 Å². The molecule has 0 bridgehead atoms. The predicted molar refractivity (Wildman–Crippen MR) is 133 cm³/mol. The van der Waals surface area contributed by atoms with Crippen molar-refractivity contribution in [3.63, 3.8) is 0 Å². The minimum Gasteiger partial charge on any atom is -0.493 e. The smallest absolute Gasteiger partial charge is 0.163 e. The van der Waals surface area contributed by atoms with Crippen molar-refractivity contribution < 1.29 is 14.3 Å². The van der Waals surface area contributed by atoms with Crippen molar-refractivity contribution in [3.05, 3.63) is 45.2 Å². The third-order valence-corrected chi connectivity index (χ3v) is 6.98. The van der Waals surface area contributed by atoms with Crippen LogP contribution in [0.2, 0.25) is 5.02 Å². The number of ketones is 1. The van der Waals surface area contributed by atoms with Crippen LogP contribution < -0.4 is 4.74 Å². The lowest BCUT2D eigenvalue weighted by atomic mass is 9.88. The quantitative estimate of drug-likeness (QED) is 0.433. The number of benzene rings is 1. The van der Waals surface area contributed by atoms with Crippen LogP contribution in [-0.4, -0.2) is 27.5 Å². The summed E-state index contributed by atoms with van der Waals surface area (Å²) >= 11 is 7.07. The Morgan fingerprint density at radius 2 is 1.94 bits per heavy atom. The number of hydrogen-bond donors (Lipinski definition) is 0. The first kappa shape index (κ1) is 23.8. The fraction of sp³-hybridized carbons (Fsp3) is 0.481. The van der Waals surface area contributed by atoms with Crippen LogP contribution in [0.3, 0.4) is 0 Å². The summed E-state index contributed by atoms with van der Waals surface area (Å²) in [5, 5.41) is 1.69. The van der Waals surface area contributed by atoms with Crippen LogP contribution in [0.25, 0.3) is 22.2 Å². The van der Waals surface area contributed by atoms with Gasteiger partial charge in [-0.2, -0.15) is 0 Å². The molecule has 3 heterocycles. The number of fused-ring (bicyclic) bond motifs is 2. The summed E-state index contributed by atoms with van der Waals surface area (Å²) in [6, 6.07) is 4.01. The Labute approximate surface area is 201 Å². The first-order chi connectivity index (χ1) is 15.4. The lowest BCUT2D eigenvalue weighted by molar-refractivity contribution is -0.138. The molecular formula is C27H33ClN2O3. The molecule has 5 nitrogen and oxygen atoms in total. The minimum atomic E-state index is -0.750. The zero-order valence-electron chi connectivity index (χ0n) is 20.9. The molecule has 1 aliphatic heterocycles. The number of aryl methyl sites for hydroxylation is 3. The van der Waals surface area contributed by atoms with Crippen molar-refractivity contribution >= 4 is 28.4 Å². The third kappa shape index (κ3) is 4.06. The average molecular weight is 469 g/mol. The lowest BCUT2D eigenvalue weighted by Crippen LogP contribution is -2.27. The van der Waals surface area contributed by atoms with Crippen LogP contribution >= 0.6 is 11.6 Å². The number of halogens is 1. The van der Waals surface area contributed by atoms with Gasteiger partial charge in [-0.3, -0.25) is 4.79 Å². The largest absolute Gasteiger partial charge is 0.493 e. The van der Waals surface area contributed by atoms with Gasteiger partial charge in [0.2, 0.25) is 0 Å². The summed E-state index contributed by atoms with van der Waals surface area (Å²) < 4.78 is 14.3. The maximum Gasteiger partial charge on any atom is 0.163 e. The molecule has 1 atom stereocenters. The second-order valence-electron chi connectivity index (χ2n) is 10.0.